The van der Waals surface area contributed by atoms with Gasteiger partial charge in [-0.1, -0.05) is 6.07 Å². The van der Waals surface area contributed by atoms with Crippen LogP contribution in [-0.4, -0.2) is 16.9 Å². The van der Waals surface area contributed by atoms with Gasteiger partial charge in [0.15, 0.2) is 0 Å². The van der Waals surface area contributed by atoms with Gasteiger partial charge in [-0.2, -0.15) is 12.6 Å². The summed E-state index contributed by atoms with van der Waals surface area (Å²) in [6.07, 6.45) is 4.70. The van der Waals surface area contributed by atoms with Crippen molar-refractivity contribution in [2.75, 3.05) is 6.54 Å². The zero-order chi connectivity index (χ0) is 8.81. The number of nitrogens with one attached hydrogen (secondary N) is 1. The lowest BCUT2D eigenvalue weighted by Crippen LogP contribution is -2.23. The number of hydrogen-bond donors (Lipinski definition) is 2. The number of nitrogens with zero attached hydrogens (tertiary/aromatic N) is 1. The molecule has 0 radical (unpaired) electrons. The zero-order valence-electron chi connectivity index (χ0n) is 7.20. The third kappa shape index (κ3) is 3.74. The van der Waals surface area contributed by atoms with Crippen LogP contribution in [0.15, 0.2) is 24.5 Å². The molecule has 1 heterocycles. The quantitative estimate of drug-likeness (QED) is 0.545. The topological polar surface area (TPSA) is 24.9 Å². The van der Waals surface area contributed by atoms with Crippen LogP contribution in [-0.2, 0) is 6.42 Å². The molecule has 1 aromatic heterocycles. The highest BCUT2D eigenvalue weighted by Gasteiger charge is 1.93. The zero-order valence-corrected chi connectivity index (χ0v) is 8.09. The molecule has 0 aliphatic heterocycles. The third-order valence-electron chi connectivity index (χ3n) is 1.58. The normalized spacial score (nSPS) is 12.8. The second-order valence-corrected chi connectivity index (χ2v) is 3.52. The van der Waals surface area contributed by atoms with Crippen molar-refractivity contribution >= 4 is 12.6 Å². The second-order valence-electron chi connectivity index (χ2n) is 2.74. The molecule has 1 N–H and O–H groups in total. The number of thiol groups is 1. The molecule has 0 bridgehead atoms. The summed E-state index contributed by atoms with van der Waals surface area (Å²) in [6, 6.07) is 4.04. The Morgan fingerprint density at radius 2 is 2.50 bits per heavy atom. The monoisotopic (exact) mass is 182 g/mol. The number of aromatic nitrogens is 1. The molecule has 0 saturated carbocycles. The highest BCUT2D eigenvalue weighted by molar-refractivity contribution is 7.80. The molecular weight excluding hydrogens is 168 g/mol. The van der Waals surface area contributed by atoms with E-state index in [1.165, 1.54) is 5.56 Å². The Balaban J connectivity index is 2.25. The Morgan fingerprint density at radius 1 is 1.67 bits per heavy atom. The maximum Gasteiger partial charge on any atom is 0.0473 e. The van der Waals surface area contributed by atoms with Crippen LogP contribution in [0.25, 0.3) is 0 Å². The summed E-state index contributed by atoms with van der Waals surface area (Å²) >= 11 is 4.22. The van der Waals surface area contributed by atoms with Gasteiger partial charge in [0.2, 0.25) is 0 Å². The summed E-state index contributed by atoms with van der Waals surface area (Å²) in [5, 5.41) is 3.50. The lowest BCUT2D eigenvalue weighted by Gasteiger charge is -2.06. The summed E-state index contributed by atoms with van der Waals surface area (Å²) in [4.78, 5) is 4.04. The molecule has 0 fully saturated rings. The second kappa shape index (κ2) is 5.17. The van der Waals surface area contributed by atoms with Crippen LogP contribution in [0.3, 0.4) is 0 Å². The van der Waals surface area contributed by atoms with Crippen molar-refractivity contribution in [1.82, 2.24) is 10.3 Å². The van der Waals surface area contributed by atoms with Crippen LogP contribution in [0, 0.1) is 0 Å². The average molecular weight is 182 g/mol. The van der Waals surface area contributed by atoms with Crippen LogP contribution in [0.5, 0.6) is 0 Å². The van der Waals surface area contributed by atoms with E-state index in [-0.39, 0.29) is 5.37 Å². The van der Waals surface area contributed by atoms with Crippen molar-refractivity contribution < 1.29 is 0 Å². The van der Waals surface area contributed by atoms with Crippen LogP contribution >= 0.6 is 12.6 Å². The van der Waals surface area contributed by atoms with E-state index in [0.717, 1.165) is 13.0 Å². The smallest absolute Gasteiger partial charge is 0.0473 e. The molecule has 12 heavy (non-hydrogen) atoms. The summed E-state index contributed by atoms with van der Waals surface area (Å²) in [5.74, 6) is 0. The Hall–Kier alpha value is -0.540. The van der Waals surface area contributed by atoms with Crippen molar-refractivity contribution in [3.05, 3.63) is 30.1 Å². The maximum atomic E-state index is 4.22. The van der Waals surface area contributed by atoms with Gasteiger partial charge < -0.3 is 5.32 Å². The largest absolute Gasteiger partial charge is 0.305 e. The van der Waals surface area contributed by atoms with Gasteiger partial charge in [-0.15, -0.1) is 0 Å². The van der Waals surface area contributed by atoms with E-state index < -0.39 is 0 Å². The predicted molar refractivity (Wildman–Crippen MR) is 54.4 cm³/mol. The van der Waals surface area contributed by atoms with Gasteiger partial charge in [0.05, 0.1) is 0 Å². The fourth-order valence-electron chi connectivity index (χ4n) is 0.971. The molecule has 2 nitrogen and oxygen atoms in total. The molecule has 3 heteroatoms. The lowest BCUT2D eigenvalue weighted by molar-refractivity contribution is 0.684. The lowest BCUT2D eigenvalue weighted by atomic mass is 10.2. The predicted octanol–water partition coefficient (Wildman–Crippen LogP) is 1.49. The van der Waals surface area contributed by atoms with E-state index in [1.807, 2.05) is 19.2 Å². The van der Waals surface area contributed by atoms with E-state index in [9.17, 15) is 0 Å². The van der Waals surface area contributed by atoms with Gasteiger partial charge >= 0.3 is 0 Å². The van der Waals surface area contributed by atoms with Gasteiger partial charge in [0.25, 0.3) is 0 Å². The SMILES string of the molecule is CC(S)NCCc1cccnc1. The van der Waals surface area contributed by atoms with Crippen LogP contribution in [0.2, 0.25) is 0 Å². The summed E-state index contributed by atoms with van der Waals surface area (Å²) in [7, 11) is 0. The molecule has 0 amide bonds. The molecule has 0 aliphatic rings. The maximum absolute atomic E-state index is 4.22. The number of hydrogen-bond acceptors (Lipinski definition) is 3. The minimum absolute atomic E-state index is 0.265. The van der Waals surface area contributed by atoms with Gasteiger partial charge in [0.1, 0.15) is 0 Å². The van der Waals surface area contributed by atoms with E-state index >= 15 is 0 Å². The summed E-state index contributed by atoms with van der Waals surface area (Å²) in [5.41, 5.74) is 1.26. The standard InChI is InChI=1S/C9H14N2S/c1-8(12)11-6-4-9-3-2-5-10-7-9/h2-3,5,7-8,11-12H,4,6H2,1H3. The highest BCUT2D eigenvalue weighted by atomic mass is 32.1. The molecule has 1 aromatic rings. The number of pyridine rings is 1. The summed E-state index contributed by atoms with van der Waals surface area (Å²) in [6.45, 7) is 2.97. The first kappa shape index (κ1) is 9.55. The first-order valence-corrected chi connectivity index (χ1v) is 4.61. The molecule has 1 rings (SSSR count). The Labute approximate surface area is 78.8 Å². The van der Waals surface area contributed by atoms with Gasteiger partial charge in [-0.05, 0) is 25.0 Å². The molecular formula is C9H14N2S. The van der Waals surface area contributed by atoms with Crippen molar-refractivity contribution in [2.45, 2.75) is 18.7 Å². The Kier molecular flexibility index (Phi) is 4.11. The third-order valence-corrected chi connectivity index (χ3v) is 1.76. The van der Waals surface area contributed by atoms with Crippen molar-refractivity contribution in [2.24, 2.45) is 0 Å². The molecule has 0 aromatic carbocycles. The Morgan fingerprint density at radius 3 is 3.08 bits per heavy atom. The van der Waals surface area contributed by atoms with Crippen LogP contribution in [0.1, 0.15) is 12.5 Å². The minimum atomic E-state index is 0.265. The van der Waals surface area contributed by atoms with Crippen molar-refractivity contribution in [3.63, 3.8) is 0 Å². The Bertz CT molecular complexity index is 211. The minimum Gasteiger partial charge on any atom is -0.305 e. The van der Waals surface area contributed by atoms with Gasteiger partial charge in [-0.3, -0.25) is 4.98 Å². The average Bonchev–Trinajstić information content (AvgIpc) is 2.05. The fraction of sp³-hybridized carbons (Fsp3) is 0.444. The fourth-order valence-corrected chi connectivity index (χ4v) is 1.10. The first-order chi connectivity index (χ1) is 5.79. The molecule has 66 valence electrons. The van der Waals surface area contributed by atoms with E-state index in [4.69, 9.17) is 0 Å². The van der Waals surface area contributed by atoms with Crippen molar-refractivity contribution in [3.8, 4) is 0 Å². The molecule has 0 aliphatic carbocycles. The van der Waals surface area contributed by atoms with E-state index in [1.54, 1.807) is 6.20 Å². The summed E-state index contributed by atoms with van der Waals surface area (Å²) < 4.78 is 0. The van der Waals surface area contributed by atoms with E-state index in [2.05, 4.69) is 29.0 Å². The molecule has 0 spiro atoms. The van der Waals surface area contributed by atoms with Crippen LogP contribution in [0.4, 0.5) is 0 Å². The highest BCUT2D eigenvalue weighted by Crippen LogP contribution is 1.96. The van der Waals surface area contributed by atoms with E-state index in [0.29, 0.717) is 0 Å². The van der Waals surface area contributed by atoms with Gasteiger partial charge in [-0.25, -0.2) is 0 Å². The van der Waals surface area contributed by atoms with Gasteiger partial charge in [0, 0.05) is 24.3 Å². The molecule has 0 saturated heterocycles. The first-order valence-electron chi connectivity index (χ1n) is 4.09. The molecule has 1 atom stereocenters. The van der Waals surface area contributed by atoms with Crippen molar-refractivity contribution in [1.29, 1.82) is 0 Å². The van der Waals surface area contributed by atoms with Crippen LogP contribution < -0.4 is 5.32 Å². The number of rotatable bonds is 4. The molecule has 1 unspecified atom stereocenters.